The van der Waals surface area contributed by atoms with E-state index in [1.54, 1.807) is 11.8 Å². The third-order valence-electron chi connectivity index (χ3n) is 4.05. The fourth-order valence-corrected chi connectivity index (χ4v) is 3.68. The zero-order valence-electron chi connectivity index (χ0n) is 14.8. The van der Waals surface area contributed by atoms with Crippen LogP contribution in [0.3, 0.4) is 0 Å². The van der Waals surface area contributed by atoms with Gasteiger partial charge in [0.05, 0.1) is 12.0 Å². The molecule has 1 amide bonds. The number of carbonyl (C=O) groups excluding carboxylic acids is 1. The van der Waals surface area contributed by atoms with E-state index in [4.69, 9.17) is 5.11 Å². The van der Waals surface area contributed by atoms with Crippen molar-refractivity contribution < 1.29 is 14.7 Å². The Morgan fingerprint density at radius 3 is 2.64 bits per heavy atom. The summed E-state index contributed by atoms with van der Waals surface area (Å²) in [5, 5.41) is 11.6. The molecule has 0 unspecified atom stereocenters. The van der Waals surface area contributed by atoms with Crippen LogP contribution in [-0.2, 0) is 17.1 Å². The molecule has 25 heavy (non-hydrogen) atoms. The Kier molecular flexibility index (Phi) is 6.70. The van der Waals surface area contributed by atoms with Crippen molar-refractivity contribution >= 4 is 29.3 Å². The van der Waals surface area contributed by atoms with Gasteiger partial charge in [0.25, 0.3) is 5.91 Å². The van der Waals surface area contributed by atoms with E-state index in [-0.39, 0.29) is 12.3 Å². The lowest BCUT2D eigenvalue weighted by Crippen LogP contribution is -2.13. The SMILES string of the molecule is CCn1c(C)cc(C(=O)Nc2cccc(CSCCC(=O)O)c2)c1C. The van der Waals surface area contributed by atoms with Crippen molar-refractivity contribution in [2.24, 2.45) is 0 Å². The summed E-state index contributed by atoms with van der Waals surface area (Å²) in [5.41, 5.74) is 4.56. The summed E-state index contributed by atoms with van der Waals surface area (Å²) < 4.78 is 2.12. The van der Waals surface area contributed by atoms with E-state index in [0.717, 1.165) is 34.9 Å². The molecule has 0 radical (unpaired) electrons. The van der Waals surface area contributed by atoms with E-state index < -0.39 is 5.97 Å². The van der Waals surface area contributed by atoms with Gasteiger partial charge in [-0.15, -0.1) is 0 Å². The van der Waals surface area contributed by atoms with Gasteiger partial charge in [-0.05, 0) is 44.5 Å². The highest BCUT2D eigenvalue weighted by Crippen LogP contribution is 2.20. The number of nitrogens with zero attached hydrogens (tertiary/aromatic N) is 1. The van der Waals surface area contributed by atoms with Crippen molar-refractivity contribution in [1.82, 2.24) is 4.57 Å². The molecule has 0 bridgehead atoms. The zero-order valence-corrected chi connectivity index (χ0v) is 15.7. The summed E-state index contributed by atoms with van der Waals surface area (Å²) in [6, 6.07) is 9.59. The maximum absolute atomic E-state index is 12.6. The first kappa shape index (κ1) is 19.1. The number of thioether (sulfide) groups is 1. The molecule has 0 fully saturated rings. The minimum Gasteiger partial charge on any atom is -0.481 e. The highest BCUT2D eigenvalue weighted by Gasteiger charge is 2.15. The molecule has 134 valence electrons. The quantitative estimate of drug-likeness (QED) is 0.696. The van der Waals surface area contributed by atoms with E-state index in [2.05, 4.69) is 16.8 Å². The standard InChI is InChI=1S/C19H24N2O3S/c1-4-21-13(2)10-17(14(21)3)19(24)20-16-7-5-6-15(11-16)12-25-9-8-18(22)23/h5-7,10-11H,4,8-9,12H2,1-3H3,(H,20,24)(H,22,23). The molecule has 1 heterocycles. The van der Waals surface area contributed by atoms with Crippen LogP contribution >= 0.6 is 11.8 Å². The fourth-order valence-electron chi connectivity index (χ4n) is 2.80. The number of carboxylic acids is 1. The maximum Gasteiger partial charge on any atom is 0.304 e. The number of aryl methyl sites for hydroxylation is 1. The molecular weight excluding hydrogens is 336 g/mol. The first-order valence-corrected chi connectivity index (χ1v) is 9.44. The summed E-state index contributed by atoms with van der Waals surface area (Å²) >= 11 is 1.57. The highest BCUT2D eigenvalue weighted by molar-refractivity contribution is 7.98. The van der Waals surface area contributed by atoms with Gasteiger partial charge in [0.15, 0.2) is 0 Å². The Labute approximate surface area is 152 Å². The number of benzene rings is 1. The number of aliphatic carboxylic acids is 1. The lowest BCUT2D eigenvalue weighted by atomic mass is 10.2. The van der Waals surface area contributed by atoms with Gasteiger partial charge in [0.1, 0.15) is 0 Å². The normalized spacial score (nSPS) is 10.7. The molecule has 0 aliphatic rings. The van der Waals surface area contributed by atoms with Gasteiger partial charge in [-0.1, -0.05) is 12.1 Å². The van der Waals surface area contributed by atoms with Crippen LogP contribution in [0.25, 0.3) is 0 Å². The highest BCUT2D eigenvalue weighted by atomic mass is 32.2. The average Bonchev–Trinajstić information content (AvgIpc) is 2.86. The summed E-state index contributed by atoms with van der Waals surface area (Å²) in [7, 11) is 0. The molecule has 0 saturated heterocycles. The number of hydrogen-bond acceptors (Lipinski definition) is 3. The second-order valence-corrected chi connectivity index (χ2v) is 6.99. The van der Waals surface area contributed by atoms with Crippen LogP contribution in [0.2, 0.25) is 0 Å². The van der Waals surface area contributed by atoms with Crippen LogP contribution in [0, 0.1) is 13.8 Å². The minimum atomic E-state index is -0.779. The molecule has 5 nitrogen and oxygen atoms in total. The van der Waals surface area contributed by atoms with Gasteiger partial charge >= 0.3 is 5.97 Å². The molecule has 0 aliphatic heterocycles. The van der Waals surface area contributed by atoms with Crippen LogP contribution in [-0.4, -0.2) is 27.3 Å². The first-order chi connectivity index (χ1) is 11.9. The van der Waals surface area contributed by atoms with Crippen molar-refractivity contribution in [3.63, 3.8) is 0 Å². The van der Waals surface area contributed by atoms with Crippen molar-refractivity contribution in [2.45, 2.75) is 39.5 Å². The van der Waals surface area contributed by atoms with Crippen LogP contribution < -0.4 is 5.32 Å². The lowest BCUT2D eigenvalue weighted by Gasteiger charge is -2.08. The Morgan fingerprint density at radius 1 is 1.24 bits per heavy atom. The van der Waals surface area contributed by atoms with E-state index in [0.29, 0.717) is 11.3 Å². The smallest absolute Gasteiger partial charge is 0.304 e. The molecule has 2 N–H and O–H groups in total. The van der Waals surface area contributed by atoms with Gasteiger partial charge in [-0.2, -0.15) is 11.8 Å². The molecule has 1 aromatic carbocycles. The lowest BCUT2D eigenvalue weighted by molar-refractivity contribution is -0.136. The molecule has 0 aliphatic carbocycles. The molecule has 2 aromatic rings. The predicted molar refractivity (Wildman–Crippen MR) is 102 cm³/mol. The number of amides is 1. The van der Waals surface area contributed by atoms with Gasteiger partial charge in [-0.25, -0.2) is 0 Å². The minimum absolute atomic E-state index is 0.108. The number of anilines is 1. The van der Waals surface area contributed by atoms with Gasteiger partial charge in [-0.3, -0.25) is 9.59 Å². The van der Waals surface area contributed by atoms with Crippen molar-refractivity contribution in [3.8, 4) is 0 Å². The number of carboxylic acid groups (broad SMARTS) is 1. The molecule has 0 atom stereocenters. The van der Waals surface area contributed by atoms with Crippen LogP contribution in [0.1, 0.15) is 40.7 Å². The average molecular weight is 360 g/mol. The van der Waals surface area contributed by atoms with E-state index >= 15 is 0 Å². The van der Waals surface area contributed by atoms with Crippen molar-refractivity contribution in [1.29, 1.82) is 0 Å². The molecule has 2 rings (SSSR count). The number of aromatic nitrogens is 1. The van der Waals surface area contributed by atoms with E-state index in [1.165, 1.54) is 0 Å². The molecule has 6 heteroatoms. The summed E-state index contributed by atoms with van der Waals surface area (Å²) in [6.45, 7) is 6.87. The van der Waals surface area contributed by atoms with Gasteiger partial charge in [0, 0.05) is 35.1 Å². The van der Waals surface area contributed by atoms with E-state index in [1.807, 2.05) is 44.2 Å². The van der Waals surface area contributed by atoms with Crippen molar-refractivity contribution in [3.05, 3.63) is 52.8 Å². The summed E-state index contributed by atoms with van der Waals surface area (Å²) in [4.78, 5) is 23.1. The van der Waals surface area contributed by atoms with Crippen molar-refractivity contribution in [2.75, 3.05) is 11.1 Å². The second-order valence-electron chi connectivity index (χ2n) is 5.88. The second kappa shape index (κ2) is 8.76. The number of rotatable bonds is 8. The van der Waals surface area contributed by atoms with Crippen LogP contribution in [0.4, 0.5) is 5.69 Å². The Hall–Kier alpha value is -2.21. The monoisotopic (exact) mass is 360 g/mol. The third kappa shape index (κ3) is 5.13. The zero-order chi connectivity index (χ0) is 18.4. The number of hydrogen-bond donors (Lipinski definition) is 2. The van der Waals surface area contributed by atoms with Gasteiger partial charge in [0.2, 0.25) is 0 Å². The number of nitrogens with one attached hydrogen (secondary N) is 1. The first-order valence-electron chi connectivity index (χ1n) is 8.29. The topological polar surface area (TPSA) is 71.3 Å². The summed E-state index contributed by atoms with van der Waals surface area (Å²) in [5.74, 6) is 0.415. The third-order valence-corrected chi connectivity index (χ3v) is 5.08. The molecular formula is C19H24N2O3S. The van der Waals surface area contributed by atoms with Crippen LogP contribution in [0.5, 0.6) is 0 Å². The summed E-state index contributed by atoms with van der Waals surface area (Å²) in [6.07, 6.45) is 0.161. The predicted octanol–water partition coefficient (Wildman–Crippen LogP) is 4.09. The Bertz CT molecular complexity index is 768. The largest absolute Gasteiger partial charge is 0.481 e. The molecule has 0 spiro atoms. The Balaban J connectivity index is 2.01. The number of carbonyl (C=O) groups is 2. The van der Waals surface area contributed by atoms with Gasteiger partial charge < -0.3 is 15.0 Å². The molecule has 0 saturated carbocycles. The fraction of sp³-hybridized carbons (Fsp3) is 0.368. The van der Waals surface area contributed by atoms with E-state index in [9.17, 15) is 9.59 Å². The Morgan fingerprint density at radius 2 is 2.00 bits per heavy atom. The molecule has 1 aromatic heterocycles. The van der Waals surface area contributed by atoms with Crippen LogP contribution in [0.15, 0.2) is 30.3 Å². The maximum atomic E-state index is 12.6.